The summed E-state index contributed by atoms with van der Waals surface area (Å²) in [4.78, 5) is 24.1. The van der Waals surface area contributed by atoms with Crippen LogP contribution in [-0.4, -0.2) is 42.1 Å². The van der Waals surface area contributed by atoms with Gasteiger partial charge in [0.2, 0.25) is 5.91 Å². The lowest BCUT2D eigenvalue weighted by atomic mass is 9.99. The Morgan fingerprint density at radius 2 is 2.06 bits per heavy atom. The standard InChI is InChI=1S/C13H15NO4/c1-18-11-5-3-2-4-9(11)6-12(15)14-7-10(8-14)13(16)17/h2-5,10H,6-8H2,1H3,(H,16,17). The molecule has 1 N–H and O–H groups in total. The van der Waals surface area contributed by atoms with Crippen LogP contribution in [-0.2, 0) is 16.0 Å². The highest BCUT2D eigenvalue weighted by Crippen LogP contribution is 2.21. The maximum absolute atomic E-state index is 11.9. The van der Waals surface area contributed by atoms with Crippen LogP contribution in [0.25, 0.3) is 0 Å². The van der Waals surface area contributed by atoms with Crippen molar-refractivity contribution < 1.29 is 19.4 Å². The first-order valence-electron chi connectivity index (χ1n) is 5.74. The SMILES string of the molecule is COc1ccccc1CC(=O)N1CC(C(=O)O)C1. The fraction of sp³-hybridized carbons (Fsp3) is 0.385. The largest absolute Gasteiger partial charge is 0.496 e. The van der Waals surface area contributed by atoms with Crippen molar-refractivity contribution in [3.63, 3.8) is 0 Å². The molecule has 1 aliphatic rings. The molecule has 1 amide bonds. The van der Waals surface area contributed by atoms with Crippen molar-refractivity contribution in [3.8, 4) is 5.75 Å². The molecule has 2 rings (SSSR count). The van der Waals surface area contributed by atoms with Crippen LogP contribution in [0.4, 0.5) is 0 Å². The van der Waals surface area contributed by atoms with Crippen LogP contribution >= 0.6 is 0 Å². The maximum atomic E-state index is 11.9. The lowest BCUT2D eigenvalue weighted by Gasteiger charge is -2.36. The van der Waals surface area contributed by atoms with E-state index in [-0.39, 0.29) is 12.3 Å². The molecule has 1 aliphatic heterocycles. The number of carboxylic acids is 1. The smallest absolute Gasteiger partial charge is 0.310 e. The third-order valence-corrected chi connectivity index (χ3v) is 3.12. The Kier molecular flexibility index (Phi) is 3.50. The Hall–Kier alpha value is -2.04. The molecular formula is C13H15NO4. The highest BCUT2D eigenvalue weighted by Gasteiger charge is 2.35. The number of hydrogen-bond acceptors (Lipinski definition) is 3. The number of rotatable bonds is 4. The van der Waals surface area contributed by atoms with E-state index in [9.17, 15) is 9.59 Å². The number of likely N-dealkylation sites (tertiary alicyclic amines) is 1. The maximum Gasteiger partial charge on any atom is 0.310 e. The van der Waals surface area contributed by atoms with Gasteiger partial charge in [0.25, 0.3) is 0 Å². The Morgan fingerprint density at radius 1 is 1.39 bits per heavy atom. The zero-order chi connectivity index (χ0) is 13.1. The van der Waals surface area contributed by atoms with Gasteiger partial charge in [-0.25, -0.2) is 0 Å². The van der Waals surface area contributed by atoms with Crippen LogP contribution in [0, 0.1) is 5.92 Å². The molecular weight excluding hydrogens is 234 g/mol. The van der Waals surface area contributed by atoms with Crippen LogP contribution in [0.2, 0.25) is 0 Å². The summed E-state index contributed by atoms with van der Waals surface area (Å²) >= 11 is 0. The monoisotopic (exact) mass is 249 g/mol. The average Bonchev–Trinajstić information content (AvgIpc) is 2.27. The van der Waals surface area contributed by atoms with E-state index in [0.29, 0.717) is 18.8 Å². The Balaban J connectivity index is 1.94. The summed E-state index contributed by atoms with van der Waals surface area (Å²) in [5, 5.41) is 8.75. The summed E-state index contributed by atoms with van der Waals surface area (Å²) < 4.78 is 5.17. The van der Waals surface area contributed by atoms with Gasteiger partial charge in [-0.3, -0.25) is 9.59 Å². The van der Waals surface area contributed by atoms with Gasteiger partial charge in [-0.15, -0.1) is 0 Å². The fourth-order valence-electron chi connectivity index (χ4n) is 1.96. The van der Waals surface area contributed by atoms with Crippen LogP contribution in [0.15, 0.2) is 24.3 Å². The number of hydrogen-bond donors (Lipinski definition) is 1. The molecule has 96 valence electrons. The van der Waals surface area contributed by atoms with Crippen LogP contribution in [0.3, 0.4) is 0 Å². The minimum atomic E-state index is -0.837. The second-order valence-corrected chi connectivity index (χ2v) is 4.32. The van der Waals surface area contributed by atoms with Crippen LogP contribution in [0.1, 0.15) is 5.56 Å². The minimum absolute atomic E-state index is 0.0583. The highest BCUT2D eigenvalue weighted by molar-refractivity contribution is 5.83. The van der Waals surface area contributed by atoms with E-state index >= 15 is 0 Å². The zero-order valence-corrected chi connectivity index (χ0v) is 10.1. The Morgan fingerprint density at radius 3 is 2.67 bits per heavy atom. The molecule has 1 saturated heterocycles. The normalized spacial score (nSPS) is 15.1. The molecule has 0 bridgehead atoms. The van der Waals surface area contributed by atoms with E-state index in [1.54, 1.807) is 18.1 Å². The van der Waals surface area contributed by atoms with Gasteiger partial charge in [0, 0.05) is 18.7 Å². The van der Waals surface area contributed by atoms with Crippen LogP contribution in [0.5, 0.6) is 5.75 Å². The molecule has 5 heteroatoms. The van der Waals surface area contributed by atoms with Gasteiger partial charge < -0.3 is 14.7 Å². The van der Waals surface area contributed by atoms with E-state index in [1.807, 2.05) is 18.2 Å². The van der Waals surface area contributed by atoms with Crippen molar-refractivity contribution in [2.75, 3.05) is 20.2 Å². The number of para-hydroxylation sites is 1. The second kappa shape index (κ2) is 5.08. The molecule has 1 aromatic rings. The molecule has 1 fully saturated rings. The molecule has 1 aromatic carbocycles. The topological polar surface area (TPSA) is 66.8 Å². The lowest BCUT2D eigenvalue weighted by Crippen LogP contribution is -2.53. The van der Waals surface area contributed by atoms with Crippen molar-refractivity contribution in [2.45, 2.75) is 6.42 Å². The van der Waals surface area contributed by atoms with E-state index in [1.165, 1.54) is 0 Å². The first-order chi connectivity index (χ1) is 8.61. The van der Waals surface area contributed by atoms with Gasteiger partial charge in [0.1, 0.15) is 5.75 Å². The zero-order valence-electron chi connectivity index (χ0n) is 10.1. The van der Waals surface area contributed by atoms with E-state index in [4.69, 9.17) is 9.84 Å². The van der Waals surface area contributed by atoms with E-state index in [2.05, 4.69) is 0 Å². The van der Waals surface area contributed by atoms with Gasteiger partial charge in [-0.2, -0.15) is 0 Å². The lowest BCUT2D eigenvalue weighted by molar-refractivity contribution is -0.152. The molecule has 1 heterocycles. The van der Waals surface area contributed by atoms with Gasteiger partial charge in [-0.1, -0.05) is 18.2 Å². The van der Waals surface area contributed by atoms with Gasteiger partial charge in [0.05, 0.1) is 19.4 Å². The number of ether oxygens (including phenoxy) is 1. The third-order valence-electron chi connectivity index (χ3n) is 3.12. The van der Waals surface area contributed by atoms with Gasteiger partial charge >= 0.3 is 5.97 Å². The number of aliphatic carboxylic acids is 1. The molecule has 0 atom stereocenters. The molecule has 5 nitrogen and oxygen atoms in total. The number of amides is 1. The summed E-state index contributed by atoms with van der Waals surface area (Å²) in [5.74, 6) is -0.624. The number of benzene rings is 1. The number of methoxy groups -OCH3 is 1. The Bertz CT molecular complexity index is 466. The molecule has 0 saturated carbocycles. The molecule has 0 unspecified atom stereocenters. The third kappa shape index (κ3) is 2.45. The van der Waals surface area contributed by atoms with E-state index in [0.717, 1.165) is 5.56 Å². The molecule has 0 aromatic heterocycles. The van der Waals surface area contributed by atoms with Crippen LogP contribution < -0.4 is 4.74 Å². The quantitative estimate of drug-likeness (QED) is 0.856. The summed E-state index contributed by atoms with van der Waals surface area (Å²) in [6, 6.07) is 7.34. The molecule has 0 aliphatic carbocycles. The van der Waals surface area contributed by atoms with Gasteiger partial charge in [-0.05, 0) is 6.07 Å². The van der Waals surface area contributed by atoms with Crippen molar-refractivity contribution in [2.24, 2.45) is 5.92 Å². The van der Waals surface area contributed by atoms with Crippen molar-refractivity contribution in [1.29, 1.82) is 0 Å². The summed E-state index contributed by atoms with van der Waals surface area (Å²) in [6.45, 7) is 0.618. The fourth-order valence-corrected chi connectivity index (χ4v) is 1.96. The number of carbonyl (C=O) groups is 2. The molecule has 0 spiro atoms. The molecule has 0 radical (unpaired) electrons. The number of nitrogens with zero attached hydrogens (tertiary/aromatic N) is 1. The average molecular weight is 249 g/mol. The second-order valence-electron chi connectivity index (χ2n) is 4.32. The van der Waals surface area contributed by atoms with Crippen molar-refractivity contribution >= 4 is 11.9 Å². The summed E-state index contributed by atoms with van der Waals surface area (Å²) in [6.07, 6.45) is 0.246. The summed E-state index contributed by atoms with van der Waals surface area (Å²) in [5.41, 5.74) is 0.823. The van der Waals surface area contributed by atoms with Crippen molar-refractivity contribution in [1.82, 2.24) is 4.90 Å². The first-order valence-corrected chi connectivity index (χ1v) is 5.74. The predicted octanol–water partition coefficient (Wildman–Crippen LogP) is 0.781. The number of carboxylic acid groups (broad SMARTS) is 1. The Labute approximate surface area is 105 Å². The first kappa shape index (κ1) is 12.4. The predicted molar refractivity (Wildman–Crippen MR) is 64.4 cm³/mol. The van der Waals surface area contributed by atoms with Gasteiger partial charge in [0.15, 0.2) is 0 Å². The highest BCUT2D eigenvalue weighted by atomic mass is 16.5. The molecule has 18 heavy (non-hydrogen) atoms. The van der Waals surface area contributed by atoms with E-state index < -0.39 is 11.9 Å². The minimum Gasteiger partial charge on any atom is -0.496 e. The summed E-state index contributed by atoms with van der Waals surface area (Å²) in [7, 11) is 1.56. The number of carbonyl (C=O) groups excluding carboxylic acids is 1. The van der Waals surface area contributed by atoms with Crippen molar-refractivity contribution in [3.05, 3.63) is 29.8 Å².